The number of oxazole rings is 1. The van der Waals surface area contributed by atoms with E-state index >= 15 is 0 Å². The molecule has 0 bridgehead atoms. The van der Waals surface area contributed by atoms with Gasteiger partial charge in [-0.25, -0.2) is 14.7 Å². The minimum Gasteiger partial charge on any atom is -0.418 e. The topological polar surface area (TPSA) is 78.7 Å². The van der Waals surface area contributed by atoms with E-state index in [1.807, 2.05) is 48.5 Å². The van der Waals surface area contributed by atoms with Gasteiger partial charge in [-0.15, -0.1) is 0 Å². The van der Waals surface area contributed by atoms with Crippen molar-refractivity contribution in [3.8, 4) is 0 Å². The number of nitrogens with one attached hydrogen (secondary N) is 1. The lowest BCUT2D eigenvalue weighted by atomic mass is 10.1. The van der Waals surface area contributed by atoms with Crippen molar-refractivity contribution in [3.63, 3.8) is 0 Å². The van der Waals surface area contributed by atoms with Gasteiger partial charge in [-0.05, 0) is 24.1 Å². The van der Waals surface area contributed by atoms with Crippen molar-refractivity contribution in [2.75, 3.05) is 29.9 Å². The van der Waals surface area contributed by atoms with E-state index in [9.17, 15) is 9.59 Å². The number of urea groups is 1. The quantitative estimate of drug-likeness (QED) is 0.715. The zero-order valence-corrected chi connectivity index (χ0v) is 15.2. The van der Waals surface area contributed by atoms with Crippen LogP contribution in [0.25, 0.3) is 0 Å². The van der Waals surface area contributed by atoms with Gasteiger partial charge in [-0.1, -0.05) is 48.5 Å². The Balaban J connectivity index is 1.37. The Hall–Kier alpha value is -3.61. The highest BCUT2D eigenvalue weighted by Gasteiger charge is 2.32. The Bertz CT molecular complexity index is 956. The van der Waals surface area contributed by atoms with Gasteiger partial charge in [0.15, 0.2) is 0 Å². The second-order valence-electron chi connectivity index (χ2n) is 6.48. The summed E-state index contributed by atoms with van der Waals surface area (Å²) in [5, 5.41) is 2.73. The van der Waals surface area contributed by atoms with Crippen LogP contribution in [-0.2, 0) is 6.42 Å². The molecule has 0 aliphatic carbocycles. The summed E-state index contributed by atoms with van der Waals surface area (Å²) in [4.78, 5) is 32.3. The summed E-state index contributed by atoms with van der Waals surface area (Å²) >= 11 is 0. The molecule has 2 aromatic carbocycles. The molecule has 3 aromatic rings. The summed E-state index contributed by atoms with van der Waals surface area (Å²) in [6.07, 6.45) is 2.13. The van der Waals surface area contributed by atoms with Gasteiger partial charge in [0.25, 0.3) is 5.91 Å². The number of anilines is 2. The minimum atomic E-state index is -0.405. The molecule has 1 aliphatic heterocycles. The number of carbonyl (C=O) groups is 2. The van der Waals surface area contributed by atoms with Crippen molar-refractivity contribution < 1.29 is 14.0 Å². The molecule has 0 spiro atoms. The lowest BCUT2D eigenvalue weighted by Crippen LogP contribution is -2.33. The predicted molar refractivity (Wildman–Crippen MR) is 105 cm³/mol. The predicted octanol–water partition coefficient (Wildman–Crippen LogP) is 3.41. The van der Waals surface area contributed by atoms with Gasteiger partial charge >= 0.3 is 12.0 Å². The Labute approximate surface area is 162 Å². The van der Waals surface area contributed by atoms with E-state index < -0.39 is 5.91 Å². The molecular formula is C21H20N4O3. The van der Waals surface area contributed by atoms with E-state index in [0.717, 1.165) is 6.42 Å². The van der Waals surface area contributed by atoms with E-state index in [1.165, 1.54) is 16.7 Å². The average molecular weight is 376 g/mol. The number of hydrogen-bond donors (Lipinski definition) is 1. The molecule has 7 heteroatoms. The highest BCUT2D eigenvalue weighted by molar-refractivity contribution is 6.02. The van der Waals surface area contributed by atoms with E-state index in [2.05, 4.69) is 10.3 Å². The van der Waals surface area contributed by atoms with Gasteiger partial charge in [0, 0.05) is 25.3 Å². The molecule has 0 radical (unpaired) electrons. The highest BCUT2D eigenvalue weighted by Crippen LogP contribution is 2.21. The molecule has 0 unspecified atom stereocenters. The number of rotatable bonds is 6. The van der Waals surface area contributed by atoms with Gasteiger partial charge in [0.05, 0.1) is 6.20 Å². The summed E-state index contributed by atoms with van der Waals surface area (Å²) in [6.45, 7) is 1.70. The number of aromatic nitrogens is 1. The molecule has 28 heavy (non-hydrogen) atoms. The summed E-state index contributed by atoms with van der Waals surface area (Å²) in [6, 6.07) is 19.1. The maximum Gasteiger partial charge on any atom is 0.328 e. The first-order chi connectivity index (χ1) is 13.7. The third kappa shape index (κ3) is 3.88. The molecule has 1 aromatic heterocycles. The lowest BCUT2D eigenvalue weighted by Gasteiger charge is -2.16. The van der Waals surface area contributed by atoms with E-state index in [0.29, 0.717) is 25.3 Å². The molecule has 0 atom stereocenters. The number of carbonyl (C=O) groups excluding carboxylic acids is 2. The van der Waals surface area contributed by atoms with Gasteiger partial charge in [0.2, 0.25) is 5.76 Å². The zero-order valence-electron chi connectivity index (χ0n) is 15.2. The maximum absolute atomic E-state index is 12.6. The number of hydrogen-bond acceptors (Lipinski definition) is 4. The number of para-hydroxylation sites is 1. The Morgan fingerprint density at radius 1 is 1.04 bits per heavy atom. The third-order valence-electron chi connectivity index (χ3n) is 4.59. The molecule has 3 amide bonds. The first-order valence-electron chi connectivity index (χ1n) is 9.13. The molecule has 0 saturated carbocycles. The van der Waals surface area contributed by atoms with Crippen molar-refractivity contribution in [2.45, 2.75) is 6.42 Å². The van der Waals surface area contributed by atoms with Crippen LogP contribution in [0.3, 0.4) is 0 Å². The van der Waals surface area contributed by atoms with Crippen molar-refractivity contribution in [1.29, 1.82) is 0 Å². The summed E-state index contributed by atoms with van der Waals surface area (Å²) in [5.41, 5.74) is 1.85. The molecule has 1 aliphatic rings. The van der Waals surface area contributed by atoms with Crippen LogP contribution in [0.5, 0.6) is 0 Å². The molecule has 1 N–H and O–H groups in total. The van der Waals surface area contributed by atoms with Crippen molar-refractivity contribution in [3.05, 3.63) is 78.2 Å². The van der Waals surface area contributed by atoms with Gasteiger partial charge in [-0.2, -0.15) is 0 Å². The van der Waals surface area contributed by atoms with Crippen LogP contribution < -0.4 is 10.2 Å². The van der Waals surface area contributed by atoms with Gasteiger partial charge < -0.3 is 14.6 Å². The fourth-order valence-electron chi connectivity index (χ4n) is 3.09. The Kier molecular flexibility index (Phi) is 5.05. The molecular weight excluding hydrogens is 356 g/mol. The lowest BCUT2D eigenvalue weighted by molar-refractivity contribution is 0.0997. The third-order valence-corrected chi connectivity index (χ3v) is 4.59. The average Bonchev–Trinajstić information content (AvgIpc) is 3.35. The number of amides is 3. The fraction of sp³-hybridized carbons (Fsp3) is 0.190. The van der Waals surface area contributed by atoms with Crippen molar-refractivity contribution in [2.24, 2.45) is 0 Å². The second-order valence-corrected chi connectivity index (χ2v) is 6.48. The van der Waals surface area contributed by atoms with Gasteiger partial charge in [0.1, 0.15) is 0 Å². The monoisotopic (exact) mass is 376 g/mol. The summed E-state index contributed by atoms with van der Waals surface area (Å²) in [7, 11) is 0. The van der Waals surface area contributed by atoms with Crippen LogP contribution in [0.1, 0.15) is 16.1 Å². The SMILES string of the molecule is O=C(Nc1ccccc1)c1cnc(N2CCN(CCc3ccccc3)C2=O)o1. The van der Waals surface area contributed by atoms with Crippen LogP contribution in [-0.4, -0.2) is 41.5 Å². The van der Waals surface area contributed by atoms with Crippen LogP contribution in [0.15, 0.2) is 71.3 Å². The maximum atomic E-state index is 12.6. The minimum absolute atomic E-state index is 0.0642. The van der Waals surface area contributed by atoms with Crippen molar-refractivity contribution in [1.82, 2.24) is 9.88 Å². The first-order valence-corrected chi connectivity index (χ1v) is 9.13. The standard InChI is InChI=1S/C21H20N4O3/c26-19(23-17-9-5-2-6-10-17)18-15-22-20(28-18)25-14-13-24(21(25)27)12-11-16-7-3-1-4-8-16/h1-10,15H,11-14H2,(H,23,26). The molecule has 7 nitrogen and oxygen atoms in total. The smallest absolute Gasteiger partial charge is 0.328 e. The molecule has 4 rings (SSSR count). The fourth-order valence-corrected chi connectivity index (χ4v) is 3.09. The van der Waals surface area contributed by atoms with E-state index in [4.69, 9.17) is 4.42 Å². The van der Waals surface area contributed by atoms with Crippen LogP contribution in [0.2, 0.25) is 0 Å². The molecule has 142 valence electrons. The molecule has 1 fully saturated rings. The number of nitrogens with zero attached hydrogens (tertiary/aromatic N) is 3. The van der Waals surface area contributed by atoms with Crippen molar-refractivity contribution >= 4 is 23.6 Å². The van der Waals surface area contributed by atoms with Gasteiger partial charge in [-0.3, -0.25) is 4.79 Å². The highest BCUT2D eigenvalue weighted by atomic mass is 16.4. The van der Waals surface area contributed by atoms with Crippen LogP contribution >= 0.6 is 0 Å². The molecule has 2 heterocycles. The Morgan fingerprint density at radius 3 is 2.50 bits per heavy atom. The first kappa shape index (κ1) is 17.8. The number of benzene rings is 2. The zero-order chi connectivity index (χ0) is 19.3. The normalized spacial score (nSPS) is 13.8. The Morgan fingerprint density at radius 2 is 1.75 bits per heavy atom. The molecule has 1 saturated heterocycles. The van der Waals surface area contributed by atoms with Crippen LogP contribution in [0.4, 0.5) is 16.5 Å². The largest absolute Gasteiger partial charge is 0.418 e. The second kappa shape index (κ2) is 7.96. The summed E-state index contributed by atoms with van der Waals surface area (Å²) in [5.74, 6) is -0.341. The van der Waals surface area contributed by atoms with E-state index in [-0.39, 0.29) is 17.8 Å². The van der Waals surface area contributed by atoms with Crippen LogP contribution in [0, 0.1) is 0 Å². The van der Waals surface area contributed by atoms with E-state index in [1.54, 1.807) is 17.0 Å². The summed E-state index contributed by atoms with van der Waals surface area (Å²) < 4.78 is 5.54.